The Morgan fingerprint density at radius 1 is 1.06 bits per heavy atom. The Kier molecular flexibility index (Phi) is 4.08. The van der Waals surface area contributed by atoms with Crippen molar-refractivity contribution in [3.63, 3.8) is 0 Å². The molecule has 0 aliphatic heterocycles. The minimum Gasteiger partial charge on any atom is -1.00 e. The van der Waals surface area contributed by atoms with Gasteiger partial charge in [0, 0.05) is 0 Å². The van der Waals surface area contributed by atoms with Crippen LogP contribution in [0.5, 0.6) is 0 Å². The van der Waals surface area contributed by atoms with E-state index in [-0.39, 0.29) is 33.0 Å². The molecule has 3 aromatic rings. The van der Waals surface area contributed by atoms with Crippen LogP contribution in [0, 0.1) is 5.82 Å². The molecule has 0 amide bonds. The van der Waals surface area contributed by atoms with Gasteiger partial charge in [0.15, 0.2) is 0 Å². The Bertz CT molecular complexity index is 682. The summed E-state index contributed by atoms with van der Waals surface area (Å²) in [4.78, 5) is 0. The molecule has 0 unspecified atom stereocenters. The smallest absolute Gasteiger partial charge is 1.00 e. The number of halogens is 3. The minimum atomic E-state index is -0.204. The fraction of sp³-hybridized carbons (Fsp3) is 0. The van der Waals surface area contributed by atoms with Crippen molar-refractivity contribution in [1.29, 1.82) is 0 Å². The summed E-state index contributed by atoms with van der Waals surface area (Å²) in [5, 5.41) is 1.63. The maximum atomic E-state index is 13.2. The Hall–Kier alpha value is -0.861. The van der Waals surface area contributed by atoms with Gasteiger partial charge < -0.3 is 12.4 Å². The summed E-state index contributed by atoms with van der Waals surface area (Å²) in [7, 11) is 0. The standard InChI is InChI=1S/C13H8ClFNSe.ClH/c14-13-11-7-6-9(15)8-12(11)17-16(13)10-4-2-1-3-5-10;/h1-8H;1H/q+1;/p-1. The molecule has 0 bridgehead atoms. The van der Waals surface area contributed by atoms with Crippen molar-refractivity contribution >= 4 is 36.0 Å². The molecule has 0 aliphatic rings. The van der Waals surface area contributed by atoms with E-state index in [4.69, 9.17) is 11.6 Å². The van der Waals surface area contributed by atoms with Crippen LogP contribution in [0.25, 0.3) is 15.3 Å². The van der Waals surface area contributed by atoms with Crippen molar-refractivity contribution in [2.24, 2.45) is 0 Å². The van der Waals surface area contributed by atoms with Crippen LogP contribution in [0.1, 0.15) is 0 Å². The Balaban J connectivity index is 0.00000120. The van der Waals surface area contributed by atoms with Gasteiger partial charge >= 0.3 is 109 Å². The van der Waals surface area contributed by atoms with E-state index in [0.29, 0.717) is 5.15 Å². The van der Waals surface area contributed by atoms with E-state index in [1.54, 1.807) is 12.1 Å². The molecule has 0 aliphatic carbocycles. The fourth-order valence-corrected chi connectivity index (χ4v) is 4.45. The summed E-state index contributed by atoms with van der Waals surface area (Å²) in [6, 6.07) is 14.7. The van der Waals surface area contributed by atoms with Gasteiger partial charge in [-0.15, -0.1) is 0 Å². The third-order valence-corrected chi connectivity index (χ3v) is 5.45. The summed E-state index contributed by atoms with van der Waals surface area (Å²) in [6.07, 6.45) is 0. The minimum absolute atomic E-state index is 0. The monoisotopic (exact) mass is 347 g/mol. The maximum Gasteiger partial charge on any atom is -1.00 e. The third-order valence-electron chi connectivity index (χ3n) is 2.52. The predicted molar refractivity (Wildman–Crippen MR) is 67.4 cm³/mol. The molecule has 92 valence electrons. The summed E-state index contributed by atoms with van der Waals surface area (Å²) in [5.74, 6) is -0.204. The van der Waals surface area contributed by atoms with Gasteiger partial charge in [-0.3, -0.25) is 0 Å². The van der Waals surface area contributed by atoms with E-state index in [0.717, 1.165) is 15.3 Å². The molecule has 18 heavy (non-hydrogen) atoms. The van der Waals surface area contributed by atoms with Gasteiger partial charge in [0.2, 0.25) is 0 Å². The van der Waals surface area contributed by atoms with E-state index in [2.05, 4.69) is 0 Å². The number of para-hydroxylation sites is 1. The Labute approximate surface area is 121 Å². The van der Waals surface area contributed by atoms with Crippen molar-refractivity contribution < 1.29 is 20.4 Å². The normalized spacial score (nSPS) is 10.3. The molecule has 1 heterocycles. The Morgan fingerprint density at radius 2 is 1.78 bits per heavy atom. The van der Waals surface area contributed by atoms with E-state index in [1.165, 1.54) is 6.07 Å². The summed E-state index contributed by atoms with van der Waals surface area (Å²) in [5.41, 5.74) is 1.05. The van der Waals surface area contributed by atoms with E-state index in [1.807, 2.05) is 33.9 Å². The first kappa shape index (κ1) is 13.6. The van der Waals surface area contributed by atoms with Gasteiger partial charge in [-0.05, 0) is 0 Å². The van der Waals surface area contributed by atoms with Crippen molar-refractivity contribution in [3.05, 3.63) is 59.5 Å². The Morgan fingerprint density at radius 3 is 2.50 bits per heavy atom. The largest absolute Gasteiger partial charge is 1.00 e. The van der Waals surface area contributed by atoms with Crippen molar-refractivity contribution in [3.8, 4) is 5.69 Å². The summed E-state index contributed by atoms with van der Waals surface area (Å²) in [6.45, 7) is 0. The van der Waals surface area contributed by atoms with Gasteiger partial charge in [0.05, 0.1) is 0 Å². The van der Waals surface area contributed by atoms with Gasteiger partial charge in [-0.2, -0.15) is 0 Å². The van der Waals surface area contributed by atoms with Crippen molar-refractivity contribution in [2.45, 2.75) is 0 Å². The van der Waals surface area contributed by atoms with Crippen LogP contribution in [0.4, 0.5) is 4.39 Å². The van der Waals surface area contributed by atoms with Crippen LogP contribution >= 0.6 is 11.6 Å². The molecule has 2 aromatic carbocycles. The number of rotatable bonds is 1. The molecule has 0 radical (unpaired) electrons. The molecule has 0 N–H and O–H groups in total. The first-order valence-corrected chi connectivity index (χ1v) is 7.11. The van der Waals surface area contributed by atoms with Gasteiger partial charge in [0.25, 0.3) is 0 Å². The molecule has 1 nitrogen and oxygen atoms in total. The zero-order chi connectivity index (χ0) is 11.8. The van der Waals surface area contributed by atoms with Crippen molar-refractivity contribution in [1.82, 2.24) is 0 Å². The number of fused-ring (bicyclic) bond motifs is 1. The van der Waals surface area contributed by atoms with Crippen LogP contribution in [0.15, 0.2) is 48.5 Å². The third kappa shape index (κ3) is 2.32. The van der Waals surface area contributed by atoms with E-state index < -0.39 is 0 Å². The SMILES string of the molecule is Fc1ccc2c(Cl)[n+](-c3ccccc3)[se]c2c1.[Cl-]. The number of benzene rings is 2. The molecule has 3 rings (SSSR count). The molecule has 5 heteroatoms. The van der Waals surface area contributed by atoms with Gasteiger partial charge in [-0.1, -0.05) is 0 Å². The number of nitrogens with zero attached hydrogens (tertiary/aromatic N) is 1. The van der Waals surface area contributed by atoms with Crippen LogP contribution in [-0.2, 0) is 0 Å². The van der Waals surface area contributed by atoms with Crippen LogP contribution < -0.4 is 16.0 Å². The predicted octanol–water partition coefficient (Wildman–Crippen LogP) is -0.0300. The quantitative estimate of drug-likeness (QED) is 0.545. The van der Waals surface area contributed by atoms with E-state index >= 15 is 0 Å². The average molecular weight is 347 g/mol. The van der Waals surface area contributed by atoms with Gasteiger partial charge in [-0.25, -0.2) is 0 Å². The van der Waals surface area contributed by atoms with Crippen LogP contribution in [0.2, 0.25) is 5.15 Å². The van der Waals surface area contributed by atoms with Crippen LogP contribution in [-0.4, -0.2) is 14.7 Å². The van der Waals surface area contributed by atoms with Crippen LogP contribution in [0.3, 0.4) is 0 Å². The molecular weight excluding hydrogens is 339 g/mol. The molecule has 0 fully saturated rings. The summed E-state index contributed by atoms with van der Waals surface area (Å²) >= 11 is 6.34. The second-order valence-electron chi connectivity index (χ2n) is 3.65. The maximum absolute atomic E-state index is 13.2. The molecular formula is C13H8Cl2FNSe. The zero-order valence-electron chi connectivity index (χ0n) is 9.11. The molecule has 1 aromatic heterocycles. The molecule has 0 saturated heterocycles. The average Bonchev–Trinajstić information content (AvgIpc) is 2.67. The number of hydrogen-bond acceptors (Lipinski definition) is 0. The second kappa shape index (κ2) is 5.41. The fourth-order valence-electron chi connectivity index (χ4n) is 1.72. The number of hydrogen-bond donors (Lipinski definition) is 0. The topological polar surface area (TPSA) is 3.88 Å². The van der Waals surface area contributed by atoms with Crippen molar-refractivity contribution in [2.75, 3.05) is 0 Å². The van der Waals surface area contributed by atoms with E-state index in [9.17, 15) is 4.39 Å². The molecule has 0 saturated carbocycles. The first-order chi connectivity index (χ1) is 8.25. The number of aromatic nitrogens is 1. The summed E-state index contributed by atoms with van der Waals surface area (Å²) < 4.78 is 16.2. The first-order valence-electron chi connectivity index (χ1n) is 5.11. The molecule has 0 atom stereocenters. The zero-order valence-corrected chi connectivity index (χ0v) is 12.3. The second-order valence-corrected chi connectivity index (χ2v) is 6.08. The van der Waals surface area contributed by atoms with Gasteiger partial charge in [0.1, 0.15) is 0 Å². The molecule has 0 spiro atoms.